The molecule has 1 fully saturated rings. The van der Waals surface area contributed by atoms with Gasteiger partial charge in [0.05, 0.1) is 16.5 Å². The molecule has 1 aliphatic rings. The molecule has 0 radical (unpaired) electrons. The van der Waals surface area contributed by atoms with Crippen molar-refractivity contribution >= 4 is 16.0 Å². The van der Waals surface area contributed by atoms with Crippen LogP contribution >= 0.6 is 0 Å². The van der Waals surface area contributed by atoms with Gasteiger partial charge in [0.25, 0.3) is 0 Å². The standard InChI is InChI=1S/C14H16N2O4S/c1-10-12(14(17)18)4-2-5-13(10)21(19,20)16(9-3-8-15)11-6-7-11/h2,4-5,11H,3,6-7,9H2,1H3,(H,17,18). The molecule has 0 aromatic heterocycles. The lowest BCUT2D eigenvalue weighted by atomic mass is 10.1. The summed E-state index contributed by atoms with van der Waals surface area (Å²) in [5.74, 6) is -1.15. The first-order chi connectivity index (χ1) is 9.89. The third-order valence-electron chi connectivity index (χ3n) is 3.50. The highest BCUT2D eigenvalue weighted by molar-refractivity contribution is 7.89. The first-order valence-electron chi connectivity index (χ1n) is 6.61. The van der Waals surface area contributed by atoms with E-state index < -0.39 is 16.0 Å². The Bertz CT molecular complexity index is 702. The lowest BCUT2D eigenvalue weighted by Gasteiger charge is -2.22. The van der Waals surface area contributed by atoms with E-state index in [9.17, 15) is 13.2 Å². The lowest BCUT2D eigenvalue weighted by Crippen LogP contribution is -2.34. The molecule has 0 atom stereocenters. The summed E-state index contributed by atoms with van der Waals surface area (Å²) in [6.45, 7) is 1.63. The van der Waals surface area contributed by atoms with Crippen molar-refractivity contribution in [1.82, 2.24) is 4.31 Å². The van der Waals surface area contributed by atoms with Gasteiger partial charge in [-0.1, -0.05) is 6.07 Å². The number of carbonyl (C=O) groups is 1. The van der Waals surface area contributed by atoms with Gasteiger partial charge in [-0.2, -0.15) is 9.57 Å². The quantitative estimate of drug-likeness (QED) is 0.863. The summed E-state index contributed by atoms with van der Waals surface area (Å²) in [5, 5.41) is 17.8. The van der Waals surface area contributed by atoms with E-state index in [-0.39, 0.29) is 35.0 Å². The summed E-state index contributed by atoms with van der Waals surface area (Å²) in [7, 11) is -3.78. The number of sulfonamides is 1. The highest BCUT2D eigenvalue weighted by Crippen LogP contribution is 2.33. The van der Waals surface area contributed by atoms with Crippen molar-refractivity contribution in [2.24, 2.45) is 0 Å². The second kappa shape index (κ2) is 5.84. The smallest absolute Gasteiger partial charge is 0.335 e. The molecule has 0 saturated heterocycles. The van der Waals surface area contributed by atoms with Gasteiger partial charge in [0.15, 0.2) is 0 Å². The maximum atomic E-state index is 12.7. The molecule has 0 heterocycles. The molecule has 6 nitrogen and oxygen atoms in total. The van der Waals surface area contributed by atoms with E-state index in [0.29, 0.717) is 0 Å². The monoisotopic (exact) mass is 308 g/mol. The number of aromatic carboxylic acids is 1. The van der Waals surface area contributed by atoms with Crippen molar-refractivity contribution in [3.05, 3.63) is 29.3 Å². The van der Waals surface area contributed by atoms with Crippen LogP contribution < -0.4 is 0 Å². The highest BCUT2D eigenvalue weighted by atomic mass is 32.2. The van der Waals surface area contributed by atoms with Crippen LogP contribution in [0, 0.1) is 18.3 Å². The number of hydrogen-bond donors (Lipinski definition) is 1. The molecule has 0 spiro atoms. The van der Waals surface area contributed by atoms with E-state index in [0.717, 1.165) is 12.8 Å². The number of nitrogens with zero attached hydrogens (tertiary/aromatic N) is 2. The van der Waals surface area contributed by atoms with E-state index in [4.69, 9.17) is 10.4 Å². The second-order valence-electron chi connectivity index (χ2n) is 4.99. The molecule has 7 heteroatoms. The number of carboxylic acid groups (broad SMARTS) is 1. The third-order valence-corrected chi connectivity index (χ3v) is 5.60. The molecule has 0 bridgehead atoms. The summed E-state index contributed by atoms with van der Waals surface area (Å²) in [4.78, 5) is 11.1. The molecule has 1 aromatic carbocycles. The van der Waals surface area contributed by atoms with Crippen LogP contribution in [0.2, 0.25) is 0 Å². The number of nitriles is 1. The summed E-state index contributed by atoms with van der Waals surface area (Å²) < 4.78 is 26.8. The van der Waals surface area contributed by atoms with Crippen molar-refractivity contribution in [2.45, 2.75) is 37.1 Å². The van der Waals surface area contributed by atoms with Crippen LogP contribution in [-0.4, -0.2) is 36.4 Å². The zero-order chi connectivity index (χ0) is 15.6. The molecule has 1 saturated carbocycles. The average Bonchev–Trinajstić information content (AvgIpc) is 3.23. The van der Waals surface area contributed by atoms with E-state index in [1.165, 1.54) is 29.4 Å². The van der Waals surface area contributed by atoms with Crippen molar-refractivity contribution in [3.63, 3.8) is 0 Å². The van der Waals surface area contributed by atoms with Gasteiger partial charge in [-0.25, -0.2) is 13.2 Å². The average molecular weight is 308 g/mol. The summed E-state index contributed by atoms with van der Waals surface area (Å²) >= 11 is 0. The molecule has 0 unspecified atom stereocenters. The Morgan fingerprint density at radius 3 is 2.67 bits per heavy atom. The molecular weight excluding hydrogens is 292 g/mol. The van der Waals surface area contributed by atoms with Crippen molar-refractivity contribution in [1.29, 1.82) is 5.26 Å². The Morgan fingerprint density at radius 1 is 1.48 bits per heavy atom. The predicted molar refractivity (Wildman–Crippen MR) is 75.3 cm³/mol. The Balaban J connectivity index is 2.45. The SMILES string of the molecule is Cc1c(C(=O)O)cccc1S(=O)(=O)N(CCC#N)C1CC1. The topological polar surface area (TPSA) is 98.5 Å². The maximum absolute atomic E-state index is 12.7. The molecule has 1 aromatic rings. The number of rotatable bonds is 6. The van der Waals surface area contributed by atoms with Gasteiger partial charge in [0.1, 0.15) is 0 Å². The Hall–Kier alpha value is -1.91. The van der Waals surface area contributed by atoms with E-state index in [1.54, 1.807) is 0 Å². The van der Waals surface area contributed by atoms with Crippen LogP contribution in [0.1, 0.15) is 35.2 Å². The van der Waals surface area contributed by atoms with E-state index in [2.05, 4.69) is 0 Å². The predicted octanol–water partition coefficient (Wildman–Crippen LogP) is 1.76. The Morgan fingerprint density at radius 2 is 2.14 bits per heavy atom. The zero-order valence-electron chi connectivity index (χ0n) is 11.6. The van der Waals surface area contributed by atoms with Gasteiger partial charge in [-0.05, 0) is 37.5 Å². The Kier molecular flexibility index (Phi) is 4.30. The van der Waals surface area contributed by atoms with E-state index >= 15 is 0 Å². The largest absolute Gasteiger partial charge is 0.478 e. The van der Waals surface area contributed by atoms with Gasteiger partial charge in [-0.15, -0.1) is 0 Å². The van der Waals surface area contributed by atoms with Gasteiger partial charge in [-0.3, -0.25) is 0 Å². The van der Waals surface area contributed by atoms with Crippen LogP contribution in [0.15, 0.2) is 23.1 Å². The minimum absolute atomic E-state index is 0.00670. The molecule has 0 aliphatic heterocycles. The summed E-state index contributed by atoms with van der Waals surface area (Å²) in [6.07, 6.45) is 1.68. The molecule has 1 aliphatic carbocycles. The molecule has 1 N–H and O–H groups in total. The highest BCUT2D eigenvalue weighted by Gasteiger charge is 2.38. The second-order valence-corrected chi connectivity index (χ2v) is 6.85. The number of hydrogen-bond acceptors (Lipinski definition) is 4. The molecule has 0 amide bonds. The minimum atomic E-state index is -3.78. The van der Waals surface area contributed by atoms with Gasteiger partial charge in [0, 0.05) is 19.0 Å². The van der Waals surface area contributed by atoms with E-state index in [1.807, 2.05) is 6.07 Å². The first-order valence-corrected chi connectivity index (χ1v) is 8.05. The van der Waals surface area contributed by atoms with Crippen LogP contribution in [0.5, 0.6) is 0 Å². The Labute approximate surface area is 123 Å². The fraction of sp³-hybridized carbons (Fsp3) is 0.429. The van der Waals surface area contributed by atoms with Crippen molar-refractivity contribution in [3.8, 4) is 6.07 Å². The van der Waals surface area contributed by atoms with Crippen LogP contribution in [0.3, 0.4) is 0 Å². The zero-order valence-corrected chi connectivity index (χ0v) is 12.4. The normalized spacial score (nSPS) is 14.9. The minimum Gasteiger partial charge on any atom is -0.478 e. The number of benzene rings is 1. The molecule has 112 valence electrons. The van der Waals surface area contributed by atoms with Crippen molar-refractivity contribution in [2.75, 3.05) is 6.54 Å². The van der Waals surface area contributed by atoms with Gasteiger partial charge in [0.2, 0.25) is 10.0 Å². The maximum Gasteiger partial charge on any atom is 0.335 e. The third kappa shape index (κ3) is 3.06. The molecular formula is C14H16N2O4S. The molecule has 2 rings (SSSR count). The summed E-state index contributed by atoms with van der Waals surface area (Å²) in [5.41, 5.74) is 0.208. The fourth-order valence-corrected chi connectivity index (χ4v) is 4.21. The molecule has 21 heavy (non-hydrogen) atoms. The fourth-order valence-electron chi connectivity index (χ4n) is 2.27. The van der Waals surface area contributed by atoms with Crippen LogP contribution in [0.4, 0.5) is 0 Å². The van der Waals surface area contributed by atoms with Gasteiger partial charge < -0.3 is 5.11 Å². The van der Waals surface area contributed by atoms with Crippen LogP contribution in [-0.2, 0) is 10.0 Å². The summed E-state index contributed by atoms with van der Waals surface area (Å²) in [6, 6.07) is 6.10. The van der Waals surface area contributed by atoms with Crippen LogP contribution in [0.25, 0.3) is 0 Å². The lowest BCUT2D eigenvalue weighted by molar-refractivity contribution is 0.0696. The van der Waals surface area contributed by atoms with Crippen molar-refractivity contribution < 1.29 is 18.3 Å². The number of carboxylic acids is 1. The first kappa shape index (κ1) is 15.5. The van der Waals surface area contributed by atoms with Gasteiger partial charge >= 0.3 is 5.97 Å².